The van der Waals surface area contributed by atoms with Crippen LogP contribution in [0.15, 0.2) is 44.5 Å². The first-order chi connectivity index (χ1) is 11.2. The molecule has 0 unspecified atom stereocenters. The third-order valence-electron chi connectivity index (χ3n) is 2.67. The molecule has 0 fully saturated rings. The van der Waals surface area contributed by atoms with Crippen LogP contribution in [0.4, 0.5) is 11.4 Å². The fourth-order valence-corrected chi connectivity index (χ4v) is 2.28. The molecule has 0 heterocycles. The summed E-state index contributed by atoms with van der Waals surface area (Å²) < 4.78 is 10.9. The molecule has 0 bridgehead atoms. The summed E-state index contributed by atoms with van der Waals surface area (Å²) in [7, 11) is 5.36. The first kappa shape index (κ1) is 14.7. The standard InChI is InChI=1S/C11H10BN5O4S/c12-16-7-1-2-8-6(3-7)4-9(22-21-20-19)10(11(8)18)17-15-5-14-13/h1-4,13,16,18-19H,5H2/i/hD. The smallest absolute Gasteiger partial charge is 0.222 e. The van der Waals surface area contributed by atoms with Gasteiger partial charge in [0.2, 0.25) is 9.39 Å². The molecular weight excluding hydrogens is 309 g/mol. The van der Waals surface area contributed by atoms with Crippen molar-refractivity contribution in [3.8, 4) is 5.75 Å². The number of hydrogen-bond acceptors (Lipinski definition) is 10. The number of nitrogens with zero attached hydrogens (tertiary/aromatic N) is 3. The van der Waals surface area contributed by atoms with Crippen molar-refractivity contribution in [2.75, 3.05) is 11.9 Å². The summed E-state index contributed by atoms with van der Waals surface area (Å²) in [5.41, 5.74) is 3.51. The molecule has 9 nitrogen and oxygen atoms in total. The molecule has 0 atom stereocenters. The van der Waals surface area contributed by atoms with Crippen LogP contribution in [0.25, 0.3) is 10.8 Å². The largest absolute Gasteiger partial charge is 0.505 e. The van der Waals surface area contributed by atoms with E-state index in [4.69, 9.17) is 14.7 Å². The fourth-order valence-electron chi connectivity index (χ4n) is 1.78. The van der Waals surface area contributed by atoms with E-state index in [0.29, 0.717) is 33.4 Å². The molecule has 11 heteroatoms. The number of fused-ring (bicyclic) bond motifs is 1. The molecule has 112 valence electrons. The van der Waals surface area contributed by atoms with Crippen LogP contribution in [-0.2, 0) is 9.37 Å². The molecule has 0 saturated heterocycles. The van der Waals surface area contributed by atoms with Crippen LogP contribution in [0.1, 0.15) is 0 Å². The van der Waals surface area contributed by atoms with Crippen LogP contribution in [0.5, 0.6) is 5.75 Å². The Hall–Kier alpha value is -2.21. The van der Waals surface area contributed by atoms with Gasteiger partial charge in [-0.3, -0.25) is 0 Å². The zero-order valence-electron chi connectivity index (χ0n) is 12.0. The molecule has 0 saturated carbocycles. The van der Waals surface area contributed by atoms with Crippen molar-refractivity contribution >= 4 is 42.2 Å². The topological polar surface area (TPSA) is 132 Å². The normalized spacial score (nSPS) is 12.3. The average Bonchev–Trinajstić information content (AvgIpc) is 2.58. The highest BCUT2D eigenvalue weighted by molar-refractivity contribution is 7.94. The van der Waals surface area contributed by atoms with Gasteiger partial charge in [0.25, 0.3) is 0 Å². The number of benzene rings is 2. The summed E-state index contributed by atoms with van der Waals surface area (Å²) in [4.78, 5) is 0.324. The lowest BCUT2D eigenvalue weighted by Gasteiger charge is -2.10. The second-order valence-corrected chi connectivity index (χ2v) is 4.64. The third kappa shape index (κ3) is 3.51. The van der Waals surface area contributed by atoms with Gasteiger partial charge in [0, 0.05) is 11.1 Å². The van der Waals surface area contributed by atoms with Gasteiger partial charge in [0.15, 0.2) is 12.4 Å². The third-order valence-corrected chi connectivity index (χ3v) is 3.29. The Kier molecular flexibility index (Phi) is 5.15. The molecule has 2 rings (SSSR count). The highest BCUT2D eigenvalue weighted by atomic mass is 32.2. The van der Waals surface area contributed by atoms with Gasteiger partial charge in [-0.25, -0.2) is 10.8 Å². The summed E-state index contributed by atoms with van der Waals surface area (Å²) in [5.74, 6) is -0.151. The van der Waals surface area contributed by atoms with Crippen LogP contribution >= 0.6 is 12.0 Å². The maximum Gasteiger partial charge on any atom is 0.222 e. The van der Waals surface area contributed by atoms with E-state index in [2.05, 4.69) is 35.5 Å². The van der Waals surface area contributed by atoms with Gasteiger partial charge >= 0.3 is 0 Å². The Morgan fingerprint density at radius 2 is 2.32 bits per heavy atom. The van der Waals surface area contributed by atoms with Crippen molar-refractivity contribution in [2.24, 2.45) is 15.3 Å². The number of azo groups is 1. The molecule has 2 aromatic rings. The Bertz CT molecular complexity index is 748. The summed E-state index contributed by atoms with van der Waals surface area (Å²) in [6.07, 6.45) is 0. The number of phenolic OH excluding ortho intramolecular Hbond substituents is 1. The zero-order chi connectivity index (χ0) is 16.7. The summed E-state index contributed by atoms with van der Waals surface area (Å²) in [6.45, 7) is -0.168. The van der Waals surface area contributed by atoms with Crippen LogP contribution < -0.4 is 5.23 Å². The molecule has 2 aromatic carbocycles. The summed E-state index contributed by atoms with van der Waals surface area (Å²) in [5, 5.41) is 36.7. The average molecular weight is 320 g/mol. The van der Waals surface area contributed by atoms with Crippen LogP contribution in [0.3, 0.4) is 0 Å². The van der Waals surface area contributed by atoms with Gasteiger partial charge in [-0.15, -0.1) is 9.45 Å². The molecular formula is C11H10BN5O4S. The second kappa shape index (κ2) is 7.70. The van der Waals surface area contributed by atoms with Crippen LogP contribution in [-0.4, -0.2) is 25.0 Å². The predicted molar refractivity (Wildman–Crippen MR) is 80.2 cm³/mol. The van der Waals surface area contributed by atoms with E-state index in [1.807, 2.05) is 0 Å². The van der Waals surface area contributed by atoms with Gasteiger partial charge in [-0.05, 0) is 29.7 Å². The number of nitrogens with one attached hydrogen (secondary N) is 2. The van der Waals surface area contributed by atoms with E-state index < -0.39 is 0 Å². The predicted octanol–water partition coefficient (Wildman–Crippen LogP) is 3.54. The van der Waals surface area contributed by atoms with Crippen molar-refractivity contribution in [3.63, 3.8) is 0 Å². The zero-order valence-corrected chi connectivity index (χ0v) is 11.8. The fraction of sp³-hybridized carbons (Fsp3) is 0.0909. The Labute approximate surface area is 131 Å². The van der Waals surface area contributed by atoms with E-state index >= 15 is 0 Å². The maximum atomic E-state index is 10.4. The quantitative estimate of drug-likeness (QED) is 0.203. The van der Waals surface area contributed by atoms with Crippen molar-refractivity contribution in [1.29, 1.82) is 5.52 Å². The molecule has 0 aromatic heterocycles. The monoisotopic (exact) mass is 320 g/mol. The van der Waals surface area contributed by atoms with Crippen molar-refractivity contribution in [3.05, 3.63) is 24.3 Å². The summed E-state index contributed by atoms with van der Waals surface area (Å²) >= 11 is 0.625. The number of rotatable bonds is 7. The molecule has 0 aliphatic heterocycles. The number of aromatic hydroxyl groups is 1. The van der Waals surface area contributed by atoms with E-state index in [1.165, 1.54) is 0 Å². The first-order valence-electron chi connectivity index (χ1n) is 6.25. The molecule has 2 radical (unpaired) electrons. The minimum atomic E-state index is -0.168. The lowest BCUT2D eigenvalue weighted by atomic mass is 10.1. The number of phenols is 1. The Balaban J connectivity index is 2.52. The van der Waals surface area contributed by atoms with Crippen molar-refractivity contribution < 1.29 is 21.1 Å². The van der Waals surface area contributed by atoms with Gasteiger partial charge < -0.3 is 10.3 Å². The number of hydrogen-bond donors (Lipinski definition) is 4. The Morgan fingerprint density at radius 3 is 3.05 bits per heavy atom. The lowest BCUT2D eigenvalue weighted by molar-refractivity contribution is -0.432. The van der Waals surface area contributed by atoms with E-state index in [1.54, 1.807) is 24.3 Å². The van der Waals surface area contributed by atoms with Gasteiger partial charge in [0.05, 0.1) is 16.9 Å². The minimum absolute atomic E-state index is 0.0909. The first-order valence-corrected chi connectivity index (χ1v) is 6.55. The summed E-state index contributed by atoms with van der Waals surface area (Å²) in [6, 6.07) is 6.67. The number of anilines is 1. The molecule has 0 amide bonds. The second-order valence-electron chi connectivity index (χ2n) is 3.90. The van der Waals surface area contributed by atoms with Gasteiger partial charge in [-0.1, -0.05) is 5.04 Å². The van der Waals surface area contributed by atoms with Gasteiger partial charge in [-0.2, -0.15) is 10.2 Å². The molecule has 0 aliphatic carbocycles. The molecule has 22 heavy (non-hydrogen) atoms. The minimum Gasteiger partial charge on any atom is -0.505 e. The van der Waals surface area contributed by atoms with E-state index in [-0.39, 0.29) is 18.1 Å². The van der Waals surface area contributed by atoms with Crippen molar-refractivity contribution in [1.82, 2.24) is 0 Å². The molecule has 4 N–H and O–H groups in total. The van der Waals surface area contributed by atoms with Crippen LogP contribution in [0.2, 0.25) is 1.41 Å². The highest BCUT2D eigenvalue weighted by Crippen LogP contribution is 2.43. The molecule has 0 spiro atoms. The lowest BCUT2D eigenvalue weighted by Crippen LogP contribution is -1.90. The van der Waals surface area contributed by atoms with Crippen LogP contribution in [0, 0.1) is 5.52 Å². The van der Waals surface area contributed by atoms with Crippen molar-refractivity contribution in [2.45, 2.75) is 4.90 Å². The maximum absolute atomic E-state index is 10.4. The SMILES string of the molecule is [2H]N=NCN=Nc1c(SOOO)cc2cc(N[B])ccc2c1O. The van der Waals surface area contributed by atoms with E-state index in [0.717, 1.165) is 0 Å². The Morgan fingerprint density at radius 1 is 1.45 bits per heavy atom. The molecule has 0 aliphatic rings. The van der Waals surface area contributed by atoms with E-state index in [9.17, 15) is 5.11 Å². The van der Waals surface area contributed by atoms with Gasteiger partial charge in [0.1, 0.15) is 5.69 Å². The highest BCUT2D eigenvalue weighted by Gasteiger charge is 2.15.